The second-order valence-corrected chi connectivity index (χ2v) is 19.3. The number of rotatable bonds is 44. The first-order chi connectivity index (χ1) is 31.4. The summed E-state index contributed by atoms with van der Waals surface area (Å²) >= 11 is 0. The normalized spacial score (nSPS) is 20.9. The lowest BCUT2D eigenvalue weighted by atomic mass is 9.99. The van der Waals surface area contributed by atoms with E-state index in [2.05, 4.69) is 47.7 Å². The highest BCUT2D eigenvalue weighted by Gasteiger charge is 2.48. The molecule has 8 unspecified atom stereocenters. The molecule has 1 heterocycles. The van der Waals surface area contributed by atoms with Crippen LogP contribution in [0, 0.1) is 0 Å². The second-order valence-electron chi connectivity index (χ2n) is 18.3. The van der Waals surface area contributed by atoms with Crippen molar-refractivity contribution in [3.8, 4) is 0 Å². The van der Waals surface area contributed by atoms with E-state index >= 15 is 0 Å². The maximum absolute atomic E-state index is 13.2. The van der Waals surface area contributed by atoms with E-state index in [0.29, 0.717) is 12.8 Å². The van der Waals surface area contributed by atoms with Gasteiger partial charge in [0.05, 0.1) is 25.4 Å². The molecule has 14 heteroatoms. The molecule has 1 aliphatic rings. The zero-order chi connectivity index (χ0) is 47.8. The number of ether oxygens (including phenoxy) is 2. The van der Waals surface area contributed by atoms with Crippen molar-refractivity contribution in [2.45, 2.75) is 268 Å². The molecule has 65 heavy (non-hydrogen) atoms. The van der Waals surface area contributed by atoms with Crippen molar-refractivity contribution >= 4 is 16.3 Å². The molecule has 0 spiro atoms. The average Bonchev–Trinajstić information content (AvgIpc) is 3.28. The third kappa shape index (κ3) is 33.4. The highest BCUT2D eigenvalue weighted by atomic mass is 32.3. The molecular weight excluding hydrogens is 851 g/mol. The molecule has 0 radical (unpaired) electrons. The van der Waals surface area contributed by atoms with Crippen molar-refractivity contribution in [2.24, 2.45) is 0 Å². The summed E-state index contributed by atoms with van der Waals surface area (Å²) in [7, 11) is -5.12. The second kappa shape index (κ2) is 41.3. The monoisotopic (exact) mass is 946 g/mol. The zero-order valence-electron chi connectivity index (χ0n) is 40.7. The van der Waals surface area contributed by atoms with Crippen LogP contribution in [0.25, 0.3) is 0 Å². The van der Waals surface area contributed by atoms with Gasteiger partial charge in [0, 0.05) is 0 Å². The van der Waals surface area contributed by atoms with Crippen LogP contribution in [0.15, 0.2) is 36.5 Å². The fourth-order valence-corrected chi connectivity index (χ4v) is 8.67. The molecule has 0 aromatic rings. The summed E-state index contributed by atoms with van der Waals surface area (Å²) in [6.45, 7) is 3.21. The molecule has 0 saturated carbocycles. The topological polar surface area (TPSA) is 212 Å². The molecule has 0 bridgehead atoms. The van der Waals surface area contributed by atoms with Crippen molar-refractivity contribution in [1.29, 1.82) is 0 Å². The molecule has 1 aliphatic heterocycles. The molecule has 1 rings (SSSR count). The lowest BCUT2D eigenvalue weighted by Gasteiger charge is -2.41. The van der Waals surface area contributed by atoms with Crippen LogP contribution < -0.4 is 5.32 Å². The van der Waals surface area contributed by atoms with E-state index in [4.69, 9.17) is 9.47 Å². The molecule has 7 N–H and O–H groups in total. The van der Waals surface area contributed by atoms with Gasteiger partial charge in [-0.25, -0.2) is 4.18 Å². The average molecular weight is 946 g/mol. The summed E-state index contributed by atoms with van der Waals surface area (Å²) < 4.78 is 47.6. The minimum Gasteiger partial charge on any atom is -0.394 e. The summed E-state index contributed by atoms with van der Waals surface area (Å²) in [6, 6.07) is -1.12. The van der Waals surface area contributed by atoms with E-state index in [-0.39, 0.29) is 6.42 Å². The van der Waals surface area contributed by atoms with Gasteiger partial charge in [0.25, 0.3) is 0 Å². The Kier molecular flexibility index (Phi) is 38.9. The fraction of sp³-hybridized carbons (Fsp3) is 0.863. The quantitative estimate of drug-likeness (QED) is 0.0132. The molecular formula is C51H95NO12S. The Morgan fingerprint density at radius 3 is 1.51 bits per heavy atom. The molecule has 1 saturated heterocycles. The number of hydrogen-bond donors (Lipinski definition) is 7. The Hall–Kier alpha value is -1.72. The van der Waals surface area contributed by atoms with Gasteiger partial charge in [-0.15, -0.1) is 0 Å². The minimum absolute atomic E-state index is 0.237. The Morgan fingerprint density at radius 1 is 0.631 bits per heavy atom. The molecule has 0 aromatic carbocycles. The van der Waals surface area contributed by atoms with Crippen molar-refractivity contribution in [3.63, 3.8) is 0 Å². The van der Waals surface area contributed by atoms with Crippen LogP contribution in [0.3, 0.4) is 0 Å². The maximum atomic E-state index is 13.2. The summed E-state index contributed by atoms with van der Waals surface area (Å²) in [5.41, 5.74) is 0. The number of nitrogens with one attached hydrogen (secondary N) is 1. The van der Waals surface area contributed by atoms with Crippen molar-refractivity contribution < 1.29 is 57.0 Å². The van der Waals surface area contributed by atoms with E-state index in [1.54, 1.807) is 6.08 Å². The molecule has 0 aromatic heterocycles. The van der Waals surface area contributed by atoms with Crippen LogP contribution in [0.2, 0.25) is 0 Å². The fourth-order valence-electron chi connectivity index (χ4n) is 8.16. The number of allylic oxidation sites excluding steroid dienone is 5. The summed E-state index contributed by atoms with van der Waals surface area (Å²) in [6.07, 6.45) is 37.8. The summed E-state index contributed by atoms with van der Waals surface area (Å²) in [4.78, 5) is 13.2. The minimum atomic E-state index is -5.12. The summed E-state index contributed by atoms with van der Waals surface area (Å²) in [5.74, 6) is -0.706. The number of unbranched alkanes of at least 4 members (excludes halogenated alkanes) is 28. The number of amides is 1. The first-order valence-corrected chi connectivity index (χ1v) is 27.4. The van der Waals surface area contributed by atoms with Gasteiger partial charge < -0.3 is 40.3 Å². The van der Waals surface area contributed by atoms with Gasteiger partial charge in [-0.1, -0.05) is 211 Å². The van der Waals surface area contributed by atoms with Gasteiger partial charge >= 0.3 is 10.4 Å². The van der Waals surface area contributed by atoms with Gasteiger partial charge in [-0.2, -0.15) is 8.42 Å². The summed E-state index contributed by atoms with van der Waals surface area (Å²) in [5, 5.41) is 55.4. The van der Waals surface area contributed by atoms with Gasteiger partial charge in [-0.05, 0) is 44.9 Å². The lowest BCUT2D eigenvalue weighted by molar-refractivity contribution is -0.298. The SMILES string of the molecule is CCCCC/C=C\C=C/CCCCCCCCCCCC(O)C(=O)NC(COC1OC(CO)C(O)C(OS(=O)(=O)O)C1O)C(O)/C=C/CCCCCCCCCCCCCCCCCC. The molecule has 1 fully saturated rings. The van der Waals surface area contributed by atoms with E-state index in [0.717, 1.165) is 57.8 Å². The highest BCUT2D eigenvalue weighted by Crippen LogP contribution is 2.26. The van der Waals surface area contributed by atoms with E-state index in [9.17, 15) is 43.3 Å². The first-order valence-electron chi connectivity index (χ1n) is 26.0. The molecule has 8 atom stereocenters. The Balaban J connectivity index is 2.52. The zero-order valence-corrected chi connectivity index (χ0v) is 41.5. The number of carbonyl (C=O) groups is 1. The van der Waals surface area contributed by atoms with E-state index in [1.165, 1.54) is 128 Å². The van der Waals surface area contributed by atoms with E-state index < -0.39 is 78.5 Å². The largest absolute Gasteiger partial charge is 0.397 e. The van der Waals surface area contributed by atoms with Crippen LogP contribution in [0.5, 0.6) is 0 Å². The third-order valence-corrected chi connectivity index (χ3v) is 12.8. The van der Waals surface area contributed by atoms with Gasteiger partial charge in [0.2, 0.25) is 5.91 Å². The van der Waals surface area contributed by atoms with Crippen LogP contribution in [-0.2, 0) is 28.9 Å². The lowest BCUT2D eigenvalue weighted by Crippen LogP contribution is -2.61. The van der Waals surface area contributed by atoms with Crippen LogP contribution in [0.4, 0.5) is 0 Å². The number of carbonyl (C=O) groups excluding carboxylic acids is 1. The maximum Gasteiger partial charge on any atom is 0.397 e. The standard InChI is InChI=1S/C51H95NO12S/c1-3-5-7-9-11-13-15-17-19-21-23-25-27-29-31-33-35-37-39-44(54)43(42-62-51-48(57)49(64-65(59,60)61)47(56)46(41-53)63-51)52-50(58)45(55)40-38-36-34-32-30-28-26-24-22-20-18-16-14-12-10-8-6-4-2/h12,14,16,18,37,39,43-49,51,53-57H,3-11,13,15,17,19-36,38,40-42H2,1-2H3,(H,52,58)(H,59,60,61)/b14-12-,18-16-,39-37+. The smallest absolute Gasteiger partial charge is 0.394 e. The molecule has 13 nitrogen and oxygen atoms in total. The van der Waals surface area contributed by atoms with Gasteiger partial charge in [0.1, 0.15) is 30.5 Å². The van der Waals surface area contributed by atoms with E-state index in [1.807, 2.05) is 6.08 Å². The molecule has 0 aliphatic carbocycles. The predicted octanol–water partition coefficient (Wildman–Crippen LogP) is 10.0. The Labute approximate surface area is 395 Å². The van der Waals surface area contributed by atoms with Crippen molar-refractivity contribution in [1.82, 2.24) is 5.32 Å². The number of aliphatic hydroxyl groups excluding tert-OH is 5. The number of hydrogen-bond acceptors (Lipinski definition) is 11. The van der Waals surface area contributed by atoms with Gasteiger partial charge in [0.15, 0.2) is 6.29 Å². The van der Waals surface area contributed by atoms with Crippen molar-refractivity contribution in [2.75, 3.05) is 13.2 Å². The Morgan fingerprint density at radius 2 is 1.05 bits per heavy atom. The van der Waals surface area contributed by atoms with Crippen LogP contribution in [0.1, 0.15) is 219 Å². The first kappa shape index (κ1) is 61.3. The van der Waals surface area contributed by atoms with Gasteiger partial charge in [-0.3, -0.25) is 9.35 Å². The Bertz CT molecular complexity index is 1310. The number of aliphatic hydroxyl groups is 5. The predicted molar refractivity (Wildman–Crippen MR) is 261 cm³/mol. The van der Waals surface area contributed by atoms with Crippen LogP contribution >= 0.6 is 0 Å². The van der Waals surface area contributed by atoms with Crippen LogP contribution in [-0.4, -0.2) is 107 Å². The third-order valence-electron chi connectivity index (χ3n) is 12.3. The highest BCUT2D eigenvalue weighted by molar-refractivity contribution is 7.80. The molecule has 1 amide bonds. The molecule has 382 valence electrons. The van der Waals surface area contributed by atoms with Crippen molar-refractivity contribution in [3.05, 3.63) is 36.5 Å².